The van der Waals surface area contributed by atoms with Crippen LogP contribution in [0.5, 0.6) is 0 Å². The van der Waals surface area contributed by atoms with Gasteiger partial charge in [0, 0.05) is 11.6 Å². The third-order valence-corrected chi connectivity index (χ3v) is 3.81. The normalized spacial score (nSPS) is 23.7. The molecule has 3 heteroatoms. The maximum Gasteiger partial charge on any atom is 0.252 e. The average Bonchev–Trinajstić information content (AvgIpc) is 2.32. The number of amides is 1. The molecule has 1 aliphatic rings. The number of nitrogens with one attached hydrogen (secondary N) is 2. The number of hydrogen-bond donors (Lipinski definition) is 2. The molecule has 0 spiro atoms. The summed E-state index contributed by atoms with van der Waals surface area (Å²) in [5.74, 6) is 0.566. The molecule has 1 aliphatic heterocycles. The number of carbonyl (C=O) groups is 1. The molecule has 2 atom stereocenters. The molecule has 1 aromatic rings. The van der Waals surface area contributed by atoms with Crippen molar-refractivity contribution >= 4 is 5.91 Å². The lowest BCUT2D eigenvalue weighted by atomic mass is 9.94. The molecular weight excluding hydrogens is 224 g/mol. The summed E-state index contributed by atoms with van der Waals surface area (Å²) in [7, 11) is 0. The Bertz CT molecular complexity index is 422. The first-order valence-corrected chi connectivity index (χ1v) is 6.67. The van der Waals surface area contributed by atoms with Crippen LogP contribution in [0, 0.1) is 19.8 Å². The van der Waals surface area contributed by atoms with E-state index in [-0.39, 0.29) is 11.9 Å². The molecule has 0 aromatic heterocycles. The summed E-state index contributed by atoms with van der Waals surface area (Å²) >= 11 is 0. The number of benzene rings is 1. The molecular formula is C15H22N2O. The van der Waals surface area contributed by atoms with Crippen LogP contribution >= 0.6 is 0 Å². The van der Waals surface area contributed by atoms with Gasteiger partial charge in [-0.25, -0.2) is 0 Å². The van der Waals surface area contributed by atoms with E-state index in [9.17, 15) is 4.79 Å². The maximum atomic E-state index is 12.4. The fourth-order valence-corrected chi connectivity index (χ4v) is 2.64. The van der Waals surface area contributed by atoms with E-state index in [1.165, 1.54) is 0 Å². The summed E-state index contributed by atoms with van der Waals surface area (Å²) in [5, 5.41) is 6.54. The first-order chi connectivity index (χ1) is 8.59. The van der Waals surface area contributed by atoms with Crippen molar-refractivity contribution in [2.75, 3.05) is 13.1 Å². The van der Waals surface area contributed by atoms with Crippen molar-refractivity contribution in [3.05, 3.63) is 34.9 Å². The molecule has 0 bridgehead atoms. The fraction of sp³-hybridized carbons (Fsp3) is 0.533. The highest BCUT2D eigenvalue weighted by Crippen LogP contribution is 2.16. The first-order valence-electron chi connectivity index (χ1n) is 6.67. The van der Waals surface area contributed by atoms with Gasteiger partial charge in [-0.2, -0.15) is 0 Å². The number of aryl methyl sites for hydroxylation is 2. The summed E-state index contributed by atoms with van der Waals surface area (Å²) in [4.78, 5) is 12.4. The minimum atomic E-state index is 0.0735. The molecule has 1 heterocycles. The van der Waals surface area contributed by atoms with E-state index >= 15 is 0 Å². The molecule has 1 amide bonds. The van der Waals surface area contributed by atoms with Gasteiger partial charge in [0.2, 0.25) is 0 Å². The minimum absolute atomic E-state index is 0.0735. The van der Waals surface area contributed by atoms with Crippen LogP contribution in [0.4, 0.5) is 0 Å². The Labute approximate surface area is 109 Å². The molecule has 2 rings (SSSR count). The molecule has 1 fully saturated rings. The van der Waals surface area contributed by atoms with Crippen molar-refractivity contribution in [1.82, 2.24) is 10.6 Å². The third-order valence-electron chi connectivity index (χ3n) is 3.81. The van der Waals surface area contributed by atoms with Crippen molar-refractivity contribution in [2.45, 2.75) is 33.2 Å². The SMILES string of the molecule is Cc1cccc(C)c1C(=O)NC1CCNCC1C. The highest BCUT2D eigenvalue weighted by molar-refractivity contribution is 5.97. The molecule has 3 nitrogen and oxygen atoms in total. The van der Waals surface area contributed by atoms with Gasteiger partial charge < -0.3 is 10.6 Å². The predicted molar refractivity (Wildman–Crippen MR) is 73.8 cm³/mol. The smallest absolute Gasteiger partial charge is 0.252 e. The zero-order valence-corrected chi connectivity index (χ0v) is 11.4. The first kappa shape index (κ1) is 13.1. The van der Waals surface area contributed by atoms with Crippen LogP contribution in [0.1, 0.15) is 34.8 Å². The molecule has 2 N–H and O–H groups in total. The predicted octanol–water partition coefficient (Wildman–Crippen LogP) is 2.03. The van der Waals surface area contributed by atoms with Crippen molar-refractivity contribution in [2.24, 2.45) is 5.92 Å². The van der Waals surface area contributed by atoms with E-state index in [1.807, 2.05) is 32.0 Å². The van der Waals surface area contributed by atoms with E-state index in [0.29, 0.717) is 5.92 Å². The average molecular weight is 246 g/mol. The lowest BCUT2D eigenvalue weighted by molar-refractivity contribution is 0.0913. The van der Waals surface area contributed by atoms with Gasteiger partial charge in [0.1, 0.15) is 0 Å². The molecule has 1 saturated heterocycles. The zero-order chi connectivity index (χ0) is 13.1. The Balaban J connectivity index is 2.12. The second-order valence-corrected chi connectivity index (χ2v) is 5.32. The van der Waals surface area contributed by atoms with Gasteiger partial charge in [0.25, 0.3) is 5.91 Å². The van der Waals surface area contributed by atoms with Gasteiger partial charge in [0.15, 0.2) is 0 Å². The number of piperidine rings is 1. The molecule has 1 aromatic carbocycles. The van der Waals surface area contributed by atoms with Crippen LogP contribution in [0.15, 0.2) is 18.2 Å². The fourth-order valence-electron chi connectivity index (χ4n) is 2.64. The molecule has 18 heavy (non-hydrogen) atoms. The Morgan fingerprint density at radius 1 is 1.33 bits per heavy atom. The van der Waals surface area contributed by atoms with Gasteiger partial charge in [-0.05, 0) is 50.4 Å². The Morgan fingerprint density at radius 2 is 2.00 bits per heavy atom. The second-order valence-electron chi connectivity index (χ2n) is 5.32. The van der Waals surface area contributed by atoms with Gasteiger partial charge in [-0.3, -0.25) is 4.79 Å². The second kappa shape index (κ2) is 5.53. The standard InChI is InChI=1S/C15H22N2O/c1-10-5-4-6-11(2)14(10)15(18)17-13-7-8-16-9-12(13)3/h4-6,12-13,16H,7-9H2,1-3H3,(H,17,18). The number of carbonyl (C=O) groups excluding carboxylic acids is 1. The maximum absolute atomic E-state index is 12.4. The molecule has 0 radical (unpaired) electrons. The van der Waals surface area contributed by atoms with E-state index in [4.69, 9.17) is 0 Å². The van der Waals surface area contributed by atoms with Crippen LogP contribution < -0.4 is 10.6 Å². The number of rotatable bonds is 2. The summed E-state index contributed by atoms with van der Waals surface area (Å²) < 4.78 is 0. The molecule has 2 unspecified atom stereocenters. The topological polar surface area (TPSA) is 41.1 Å². The minimum Gasteiger partial charge on any atom is -0.349 e. The van der Waals surface area contributed by atoms with E-state index in [2.05, 4.69) is 17.6 Å². The third kappa shape index (κ3) is 2.72. The van der Waals surface area contributed by atoms with Gasteiger partial charge in [-0.1, -0.05) is 25.1 Å². The van der Waals surface area contributed by atoms with E-state index in [1.54, 1.807) is 0 Å². The lowest BCUT2D eigenvalue weighted by Crippen LogP contribution is -2.48. The van der Waals surface area contributed by atoms with Gasteiger partial charge in [-0.15, -0.1) is 0 Å². The largest absolute Gasteiger partial charge is 0.349 e. The molecule has 0 saturated carbocycles. The summed E-state index contributed by atoms with van der Waals surface area (Å²) in [6, 6.07) is 6.27. The van der Waals surface area contributed by atoms with Crippen LogP contribution in [0.3, 0.4) is 0 Å². The highest BCUT2D eigenvalue weighted by atomic mass is 16.1. The summed E-state index contributed by atoms with van der Waals surface area (Å²) in [5.41, 5.74) is 2.94. The van der Waals surface area contributed by atoms with Crippen molar-refractivity contribution < 1.29 is 4.79 Å². The van der Waals surface area contributed by atoms with Gasteiger partial charge >= 0.3 is 0 Å². The molecule has 98 valence electrons. The van der Waals surface area contributed by atoms with E-state index < -0.39 is 0 Å². The van der Waals surface area contributed by atoms with Crippen molar-refractivity contribution in [3.8, 4) is 0 Å². The quantitative estimate of drug-likeness (QED) is 0.838. The highest BCUT2D eigenvalue weighted by Gasteiger charge is 2.24. The zero-order valence-electron chi connectivity index (χ0n) is 11.4. The summed E-state index contributed by atoms with van der Waals surface area (Å²) in [6.45, 7) is 8.14. The number of hydrogen-bond acceptors (Lipinski definition) is 2. The summed E-state index contributed by atoms with van der Waals surface area (Å²) in [6.07, 6.45) is 1.01. The van der Waals surface area contributed by atoms with Crippen LogP contribution in [-0.4, -0.2) is 25.0 Å². The Kier molecular flexibility index (Phi) is 4.02. The Morgan fingerprint density at radius 3 is 2.61 bits per heavy atom. The van der Waals surface area contributed by atoms with Crippen LogP contribution in [0.25, 0.3) is 0 Å². The molecule has 0 aliphatic carbocycles. The van der Waals surface area contributed by atoms with Gasteiger partial charge in [0.05, 0.1) is 0 Å². The van der Waals surface area contributed by atoms with E-state index in [0.717, 1.165) is 36.2 Å². The Hall–Kier alpha value is -1.35. The van der Waals surface area contributed by atoms with Crippen LogP contribution in [-0.2, 0) is 0 Å². The van der Waals surface area contributed by atoms with Crippen molar-refractivity contribution in [1.29, 1.82) is 0 Å². The lowest BCUT2D eigenvalue weighted by Gasteiger charge is -2.30. The monoisotopic (exact) mass is 246 g/mol. The van der Waals surface area contributed by atoms with Crippen LogP contribution in [0.2, 0.25) is 0 Å². The van der Waals surface area contributed by atoms with Crippen molar-refractivity contribution in [3.63, 3.8) is 0 Å².